The maximum absolute atomic E-state index is 12.3. The fraction of sp³-hybridized carbons (Fsp3) is 0.750. The highest BCUT2D eigenvalue weighted by Gasteiger charge is 2.33. The molecule has 0 amide bonds. The maximum atomic E-state index is 12.3. The van der Waals surface area contributed by atoms with Gasteiger partial charge in [0.15, 0.2) is 0 Å². The molecule has 0 aliphatic carbocycles. The topological polar surface area (TPSA) is 61.8 Å². The van der Waals surface area contributed by atoms with E-state index >= 15 is 0 Å². The van der Waals surface area contributed by atoms with Crippen molar-refractivity contribution < 1.29 is 27.4 Å². The van der Waals surface area contributed by atoms with Crippen LogP contribution in [0.2, 0.25) is 0 Å². The monoisotopic (exact) mass is 294 g/mol. The van der Waals surface area contributed by atoms with Crippen LogP contribution >= 0.6 is 7.82 Å². The van der Waals surface area contributed by atoms with E-state index in [1.807, 2.05) is 21.1 Å². The Balaban J connectivity index is 4.65. The Bertz CT molecular complexity index is 373. The van der Waals surface area contributed by atoms with Gasteiger partial charge in [-0.15, -0.1) is 0 Å². The normalized spacial score (nSPS) is 15.1. The molecule has 0 bridgehead atoms. The second kappa shape index (κ2) is 7.20. The quantitative estimate of drug-likeness (QED) is 0.391. The van der Waals surface area contributed by atoms with Gasteiger partial charge >= 0.3 is 13.8 Å². The lowest BCUT2D eigenvalue weighted by Crippen LogP contribution is -2.37. The first kappa shape index (κ1) is 18.3. The number of rotatable bonds is 8. The molecule has 0 saturated heterocycles. The van der Waals surface area contributed by atoms with Crippen molar-refractivity contribution in [3.05, 3.63) is 12.2 Å². The van der Waals surface area contributed by atoms with Crippen LogP contribution in [0.5, 0.6) is 0 Å². The maximum Gasteiger partial charge on any atom is 0.532 e. The first-order valence-electron chi connectivity index (χ1n) is 6.08. The van der Waals surface area contributed by atoms with Crippen molar-refractivity contribution in [3.8, 4) is 0 Å². The van der Waals surface area contributed by atoms with Gasteiger partial charge < -0.3 is 9.01 Å². The van der Waals surface area contributed by atoms with E-state index in [2.05, 4.69) is 6.58 Å². The van der Waals surface area contributed by atoms with Gasteiger partial charge in [0, 0.05) is 5.57 Å². The highest BCUT2D eigenvalue weighted by Crippen LogP contribution is 2.51. The van der Waals surface area contributed by atoms with Crippen molar-refractivity contribution in [1.82, 2.24) is 0 Å². The van der Waals surface area contributed by atoms with Gasteiger partial charge in [-0.25, -0.2) is 9.36 Å². The van der Waals surface area contributed by atoms with Crippen LogP contribution in [0.4, 0.5) is 0 Å². The van der Waals surface area contributed by atoms with Crippen molar-refractivity contribution >= 4 is 13.8 Å². The van der Waals surface area contributed by atoms with Gasteiger partial charge in [0.25, 0.3) is 0 Å². The summed E-state index contributed by atoms with van der Waals surface area (Å²) in [5.74, 6) is -0.783. The molecule has 19 heavy (non-hydrogen) atoms. The minimum atomic E-state index is -3.89. The summed E-state index contributed by atoms with van der Waals surface area (Å²) >= 11 is 0. The minimum Gasteiger partial charge on any atom is -0.367 e. The zero-order valence-corrected chi connectivity index (χ0v) is 13.5. The summed E-state index contributed by atoms with van der Waals surface area (Å²) in [7, 11) is 2.02. The first-order chi connectivity index (χ1) is 8.45. The third-order valence-corrected chi connectivity index (χ3v) is 3.46. The molecule has 0 radical (unpaired) electrons. The molecule has 1 atom stereocenters. The molecule has 0 spiro atoms. The van der Waals surface area contributed by atoms with Crippen LogP contribution in [0.25, 0.3) is 0 Å². The molecule has 7 heteroatoms. The summed E-state index contributed by atoms with van der Waals surface area (Å²) in [4.78, 5) is 11.4. The Kier molecular flexibility index (Phi) is 6.94. The summed E-state index contributed by atoms with van der Waals surface area (Å²) in [5, 5.41) is 0. The Morgan fingerprint density at radius 1 is 1.32 bits per heavy atom. The van der Waals surface area contributed by atoms with Gasteiger partial charge in [0.1, 0.15) is 13.2 Å². The average molecular weight is 294 g/mol. The fourth-order valence-corrected chi connectivity index (χ4v) is 2.28. The number of nitrogens with zero attached hydrogens (tertiary/aromatic N) is 1. The van der Waals surface area contributed by atoms with Crippen LogP contribution in [-0.2, 0) is 22.9 Å². The second-order valence-electron chi connectivity index (χ2n) is 5.61. The molecule has 0 aliphatic heterocycles. The van der Waals surface area contributed by atoms with Gasteiger partial charge in [-0.3, -0.25) is 9.05 Å². The summed E-state index contributed by atoms with van der Waals surface area (Å²) in [6, 6.07) is 0. The van der Waals surface area contributed by atoms with Crippen LogP contribution in [0.3, 0.4) is 0 Å². The Hall–Kier alpha value is -0.680. The lowest BCUT2D eigenvalue weighted by atomic mass is 10.4. The van der Waals surface area contributed by atoms with Crippen molar-refractivity contribution in [2.24, 2.45) is 0 Å². The molecule has 6 nitrogen and oxygen atoms in total. The van der Waals surface area contributed by atoms with E-state index in [0.717, 1.165) is 0 Å². The smallest absolute Gasteiger partial charge is 0.367 e. The molecule has 0 aromatic rings. The minimum absolute atomic E-state index is 0.141. The van der Waals surface area contributed by atoms with Crippen LogP contribution in [0.15, 0.2) is 12.2 Å². The van der Waals surface area contributed by atoms with Gasteiger partial charge in [-0.05, 0) is 20.8 Å². The number of hydrogen-bond donors (Lipinski definition) is 0. The Morgan fingerprint density at radius 3 is 2.21 bits per heavy atom. The summed E-state index contributed by atoms with van der Waals surface area (Å²) in [6.07, 6.45) is -0.382. The number of phosphoric ester groups is 1. The molecule has 112 valence electrons. The molecule has 0 N–H and O–H groups in total. The number of quaternary nitrogens is 1. The number of hydrogen-bond acceptors (Lipinski definition) is 5. The molecule has 0 saturated carbocycles. The average Bonchev–Trinajstić information content (AvgIpc) is 2.12. The molecule has 0 aromatic carbocycles. The highest BCUT2D eigenvalue weighted by molar-refractivity contribution is 7.49. The van der Waals surface area contributed by atoms with E-state index in [4.69, 9.17) is 13.6 Å². The molecule has 1 unspecified atom stereocenters. The number of carbonyl (C=O) groups excluding carboxylic acids is 1. The highest BCUT2D eigenvalue weighted by atomic mass is 31.2. The summed E-state index contributed by atoms with van der Waals surface area (Å²) in [5.41, 5.74) is 0.141. The predicted octanol–water partition coefficient (Wildman–Crippen LogP) is 2.36. The summed E-state index contributed by atoms with van der Waals surface area (Å²) < 4.78 is 28.0. The SMILES string of the molecule is C=C(C)C(=O)OP(=O)(OCC[N+](C)(C)C)OC(C)C. The lowest BCUT2D eigenvalue weighted by Gasteiger charge is -2.25. The van der Waals surface area contributed by atoms with Gasteiger partial charge in [-0.1, -0.05) is 6.58 Å². The molecule has 0 rings (SSSR count). The zero-order valence-electron chi connectivity index (χ0n) is 12.6. The Labute approximate surface area is 115 Å². The van der Waals surface area contributed by atoms with E-state index < -0.39 is 13.8 Å². The number of likely N-dealkylation sites (N-methyl/N-ethyl adjacent to an activating group) is 1. The summed E-state index contributed by atoms with van der Waals surface area (Å²) in [6.45, 7) is 9.04. The lowest BCUT2D eigenvalue weighted by molar-refractivity contribution is -0.870. The molecule has 0 aliphatic rings. The van der Waals surface area contributed by atoms with E-state index in [-0.39, 0.29) is 18.3 Å². The van der Waals surface area contributed by atoms with Crippen LogP contribution in [0, 0.1) is 0 Å². The standard InChI is InChI=1S/C12H25NO5P/c1-10(2)12(14)18-19(15,17-11(3)4)16-9-8-13(5,6)7/h11H,1,8-9H2,2-7H3/q+1. The molecular weight excluding hydrogens is 269 g/mol. The van der Waals surface area contributed by atoms with Crippen molar-refractivity contribution in [2.45, 2.75) is 26.9 Å². The van der Waals surface area contributed by atoms with Gasteiger partial charge in [-0.2, -0.15) is 0 Å². The second-order valence-corrected chi connectivity index (χ2v) is 7.15. The molecule has 0 aromatic heterocycles. The first-order valence-corrected chi connectivity index (χ1v) is 7.54. The number of carbonyl (C=O) groups is 1. The van der Waals surface area contributed by atoms with E-state index in [1.54, 1.807) is 13.8 Å². The molecule has 0 heterocycles. The van der Waals surface area contributed by atoms with Crippen molar-refractivity contribution in [1.29, 1.82) is 0 Å². The van der Waals surface area contributed by atoms with Crippen molar-refractivity contribution in [3.63, 3.8) is 0 Å². The fourth-order valence-electron chi connectivity index (χ4n) is 0.942. The number of phosphoric acid groups is 1. The largest absolute Gasteiger partial charge is 0.532 e. The van der Waals surface area contributed by atoms with E-state index in [0.29, 0.717) is 11.0 Å². The van der Waals surface area contributed by atoms with Crippen LogP contribution in [0.1, 0.15) is 20.8 Å². The van der Waals surface area contributed by atoms with E-state index in [1.165, 1.54) is 6.92 Å². The van der Waals surface area contributed by atoms with Crippen LogP contribution < -0.4 is 0 Å². The Morgan fingerprint density at radius 2 is 1.84 bits per heavy atom. The van der Waals surface area contributed by atoms with Gasteiger partial charge in [0.2, 0.25) is 0 Å². The van der Waals surface area contributed by atoms with Crippen molar-refractivity contribution in [2.75, 3.05) is 34.3 Å². The molecule has 0 fully saturated rings. The molecular formula is C12H25NO5P+. The third kappa shape index (κ3) is 8.94. The van der Waals surface area contributed by atoms with Gasteiger partial charge in [0.05, 0.1) is 27.2 Å². The predicted molar refractivity (Wildman–Crippen MR) is 73.6 cm³/mol. The zero-order chi connectivity index (χ0) is 15.3. The van der Waals surface area contributed by atoms with Crippen LogP contribution in [-0.4, -0.2) is 50.9 Å². The third-order valence-electron chi connectivity index (χ3n) is 1.89. The van der Waals surface area contributed by atoms with E-state index in [9.17, 15) is 9.36 Å².